The summed E-state index contributed by atoms with van der Waals surface area (Å²) in [5, 5.41) is 6.49. The minimum absolute atomic E-state index is 0.0997. The molecule has 118 valence electrons. The molecule has 21 heavy (non-hydrogen) atoms. The van der Waals surface area contributed by atoms with Gasteiger partial charge in [0.15, 0.2) is 0 Å². The fourth-order valence-electron chi connectivity index (χ4n) is 2.76. The molecule has 0 aliphatic heterocycles. The lowest BCUT2D eigenvalue weighted by atomic mass is 10.1. The van der Waals surface area contributed by atoms with Crippen molar-refractivity contribution in [1.29, 1.82) is 0 Å². The molecular weight excluding hydrogens is 264 g/mol. The van der Waals surface area contributed by atoms with E-state index in [2.05, 4.69) is 29.5 Å². The van der Waals surface area contributed by atoms with Gasteiger partial charge in [-0.1, -0.05) is 39.5 Å². The number of amides is 1. The van der Waals surface area contributed by atoms with E-state index in [9.17, 15) is 4.79 Å². The van der Waals surface area contributed by atoms with Crippen LogP contribution in [0.15, 0.2) is 12.5 Å². The van der Waals surface area contributed by atoms with E-state index in [1.165, 1.54) is 25.7 Å². The fraction of sp³-hybridized carbons (Fsp3) is 0.750. The van der Waals surface area contributed by atoms with Gasteiger partial charge in [0.05, 0.1) is 12.0 Å². The van der Waals surface area contributed by atoms with Crippen molar-refractivity contribution in [3.63, 3.8) is 0 Å². The monoisotopic (exact) mass is 292 g/mol. The first kappa shape index (κ1) is 16.0. The highest BCUT2D eigenvalue weighted by molar-refractivity contribution is 5.76. The van der Waals surface area contributed by atoms with Crippen molar-refractivity contribution in [2.45, 2.75) is 77.5 Å². The molecule has 1 amide bonds. The van der Waals surface area contributed by atoms with Gasteiger partial charge < -0.3 is 15.2 Å². The lowest BCUT2D eigenvalue weighted by molar-refractivity contribution is -0.122. The van der Waals surface area contributed by atoms with Gasteiger partial charge in [0.2, 0.25) is 5.91 Å². The maximum Gasteiger partial charge on any atom is 0.240 e. The third-order valence-electron chi connectivity index (χ3n) is 3.92. The molecule has 0 radical (unpaired) electrons. The Morgan fingerprint density at radius 3 is 2.71 bits per heavy atom. The van der Waals surface area contributed by atoms with Crippen molar-refractivity contribution in [2.75, 3.05) is 0 Å². The predicted molar refractivity (Wildman–Crippen MR) is 83.8 cm³/mol. The quantitative estimate of drug-likeness (QED) is 0.790. The van der Waals surface area contributed by atoms with Gasteiger partial charge in [-0.25, -0.2) is 4.98 Å². The zero-order chi connectivity index (χ0) is 15.1. The Morgan fingerprint density at radius 2 is 2.05 bits per heavy atom. The smallest absolute Gasteiger partial charge is 0.240 e. The van der Waals surface area contributed by atoms with Gasteiger partial charge in [0, 0.05) is 24.8 Å². The van der Waals surface area contributed by atoms with Crippen LogP contribution in [0.2, 0.25) is 0 Å². The summed E-state index contributed by atoms with van der Waals surface area (Å²) in [5.41, 5.74) is 0.978. The first-order valence-electron chi connectivity index (χ1n) is 8.17. The third-order valence-corrected chi connectivity index (χ3v) is 3.92. The van der Waals surface area contributed by atoms with Gasteiger partial charge in [0.1, 0.15) is 6.54 Å². The van der Waals surface area contributed by atoms with E-state index in [0.29, 0.717) is 18.6 Å². The maximum atomic E-state index is 12.1. The number of aromatic nitrogens is 2. The van der Waals surface area contributed by atoms with Crippen LogP contribution in [-0.4, -0.2) is 27.5 Å². The van der Waals surface area contributed by atoms with Crippen molar-refractivity contribution in [3.8, 4) is 0 Å². The highest BCUT2D eigenvalue weighted by Crippen LogP contribution is 2.17. The van der Waals surface area contributed by atoms with Crippen LogP contribution in [-0.2, 0) is 17.9 Å². The Bertz CT molecular complexity index is 433. The Hall–Kier alpha value is -1.36. The second kappa shape index (κ2) is 8.17. The second-order valence-corrected chi connectivity index (χ2v) is 6.33. The summed E-state index contributed by atoms with van der Waals surface area (Å²) in [6, 6.07) is 0.805. The third kappa shape index (κ3) is 5.87. The number of rotatable bonds is 6. The molecular formula is C16H28N4O. The van der Waals surface area contributed by atoms with E-state index in [4.69, 9.17) is 0 Å². The van der Waals surface area contributed by atoms with Crippen molar-refractivity contribution in [1.82, 2.24) is 20.2 Å². The van der Waals surface area contributed by atoms with E-state index < -0.39 is 0 Å². The molecule has 2 rings (SSSR count). The minimum atomic E-state index is 0.0997. The average Bonchev–Trinajstić information content (AvgIpc) is 2.71. The summed E-state index contributed by atoms with van der Waals surface area (Å²) in [6.45, 7) is 5.33. The molecule has 0 unspecified atom stereocenters. The molecule has 2 N–H and O–H groups in total. The van der Waals surface area contributed by atoms with Crippen LogP contribution >= 0.6 is 0 Å². The zero-order valence-electron chi connectivity index (χ0n) is 13.3. The van der Waals surface area contributed by atoms with Crippen LogP contribution in [0.5, 0.6) is 0 Å². The number of carbonyl (C=O) groups is 1. The van der Waals surface area contributed by atoms with Gasteiger partial charge >= 0.3 is 0 Å². The second-order valence-electron chi connectivity index (χ2n) is 6.33. The topological polar surface area (TPSA) is 59.0 Å². The lowest BCUT2D eigenvalue weighted by Crippen LogP contribution is -2.36. The molecule has 1 fully saturated rings. The molecule has 0 aromatic carbocycles. The van der Waals surface area contributed by atoms with Gasteiger partial charge in [-0.3, -0.25) is 4.79 Å². The standard InChI is InChI=1S/C16H28N4O/c1-13(2)17-9-15-10-20(12-18-15)11-16(21)19-14-7-5-3-4-6-8-14/h10,12-14,17H,3-9,11H2,1-2H3,(H,19,21). The van der Waals surface area contributed by atoms with Crippen molar-refractivity contribution in [3.05, 3.63) is 18.2 Å². The fourth-order valence-corrected chi connectivity index (χ4v) is 2.76. The van der Waals surface area contributed by atoms with Crippen LogP contribution in [0.1, 0.15) is 58.1 Å². The maximum absolute atomic E-state index is 12.1. The van der Waals surface area contributed by atoms with E-state index in [1.807, 2.05) is 10.8 Å². The molecule has 0 saturated heterocycles. The molecule has 1 aliphatic rings. The van der Waals surface area contributed by atoms with Crippen LogP contribution in [0, 0.1) is 0 Å². The molecule has 1 aliphatic carbocycles. The summed E-state index contributed by atoms with van der Waals surface area (Å²) in [4.78, 5) is 16.4. The highest BCUT2D eigenvalue weighted by Gasteiger charge is 2.14. The Balaban J connectivity index is 1.76. The van der Waals surface area contributed by atoms with Gasteiger partial charge in [-0.05, 0) is 12.8 Å². The average molecular weight is 292 g/mol. The summed E-state index contributed by atoms with van der Waals surface area (Å²) in [5.74, 6) is 0.0997. The summed E-state index contributed by atoms with van der Waals surface area (Å²) in [6.07, 6.45) is 11.0. The van der Waals surface area contributed by atoms with Crippen molar-refractivity contribution < 1.29 is 4.79 Å². The van der Waals surface area contributed by atoms with Crippen molar-refractivity contribution in [2.24, 2.45) is 0 Å². The Labute approximate surface area is 127 Å². The molecule has 1 aromatic rings. The minimum Gasteiger partial charge on any atom is -0.352 e. The molecule has 5 nitrogen and oxygen atoms in total. The van der Waals surface area contributed by atoms with E-state index in [1.54, 1.807) is 6.33 Å². The van der Waals surface area contributed by atoms with Crippen LogP contribution in [0.3, 0.4) is 0 Å². The van der Waals surface area contributed by atoms with Crippen LogP contribution < -0.4 is 10.6 Å². The number of nitrogens with zero attached hydrogens (tertiary/aromatic N) is 2. The normalized spacial score (nSPS) is 16.9. The number of hydrogen-bond donors (Lipinski definition) is 2. The number of nitrogens with one attached hydrogen (secondary N) is 2. The summed E-state index contributed by atoms with van der Waals surface area (Å²) in [7, 11) is 0. The molecule has 5 heteroatoms. The molecule has 0 bridgehead atoms. The Kier molecular flexibility index (Phi) is 6.23. The van der Waals surface area contributed by atoms with Gasteiger partial charge in [0.25, 0.3) is 0 Å². The Morgan fingerprint density at radius 1 is 1.33 bits per heavy atom. The highest BCUT2D eigenvalue weighted by atomic mass is 16.2. The zero-order valence-corrected chi connectivity index (χ0v) is 13.3. The molecule has 1 heterocycles. The molecule has 0 atom stereocenters. The number of carbonyl (C=O) groups excluding carboxylic acids is 1. The van der Waals surface area contributed by atoms with Gasteiger partial charge in [-0.2, -0.15) is 0 Å². The van der Waals surface area contributed by atoms with E-state index in [0.717, 1.165) is 25.1 Å². The first-order valence-corrected chi connectivity index (χ1v) is 8.17. The first-order chi connectivity index (χ1) is 10.1. The largest absolute Gasteiger partial charge is 0.352 e. The lowest BCUT2D eigenvalue weighted by Gasteiger charge is -2.16. The van der Waals surface area contributed by atoms with E-state index in [-0.39, 0.29) is 5.91 Å². The van der Waals surface area contributed by atoms with Crippen molar-refractivity contribution >= 4 is 5.91 Å². The van der Waals surface area contributed by atoms with Crippen LogP contribution in [0.4, 0.5) is 0 Å². The molecule has 1 saturated carbocycles. The van der Waals surface area contributed by atoms with Gasteiger partial charge in [-0.15, -0.1) is 0 Å². The number of hydrogen-bond acceptors (Lipinski definition) is 3. The SMILES string of the molecule is CC(C)NCc1cn(CC(=O)NC2CCCCCC2)cn1. The van der Waals surface area contributed by atoms with Crippen LogP contribution in [0.25, 0.3) is 0 Å². The number of imidazole rings is 1. The summed E-state index contributed by atoms with van der Waals surface area (Å²) < 4.78 is 1.86. The summed E-state index contributed by atoms with van der Waals surface area (Å²) >= 11 is 0. The van der Waals surface area contributed by atoms with E-state index >= 15 is 0 Å². The molecule has 1 aromatic heterocycles. The molecule has 0 spiro atoms. The predicted octanol–water partition coefficient (Wildman–Crippen LogP) is 2.22.